The van der Waals surface area contributed by atoms with Gasteiger partial charge in [0.25, 0.3) is 0 Å². The van der Waals surface area contributed by atoms with E-state index in [2.05, 4.69) is 21.2 Å². The second-order valence-corrected chi connectivity index (χ2v) is 6.08. The number of rotatable bonds is 6. The molecule has 1 heterocycles. The van der Waals surface area contributed by atoms with E-state index in [4.69, 9.17) is 5.11 Å². The molecule has 0 bridgehead atoms. The Bertz CT molecular complexity index is 447. The number of aliphatic hydroxyl groups excluding tert-OH is 1. The highest BCUT2D eigenvalue weighted by Crippen LogP contribution is 2.14. The van der Waals surface area contributed by atoms with Crippen molar-refractivity contribution in [3.8, 4) is 0 Å². The van der Waals surface area contributed by atoms with Crippen LogP contribution in [0.3, 0.4) is 0 Å². The second kappa shape index (κ2) is 7.76. The fourth-order valence-electron chi connectivity index (χ4n) is 2.55. The third kappa shape index (κ3) is 4.58. The van der Waals surface area contributed by atoms with Gasteiger partial charge >= 0.3 is 0 Å². The summed E-state index contributed by atoms with van der Waals surface area (Å²) < 4.78 is 0.981. The molecular weight excluding hydrogens is 320 g/mol. The average Bonchev–Trinajstić information content (AvgIpc) is 2.91. The van der Waals surface area contributed by atoms with E-state index in [1.807, 2.05) is 24.3 Å². The molecule has 1 aliphatic heterocycles. The van der Waals surface area contributed by atoms with Crippen molar-refractivity contribution in [2.45, 2.75) is 25.3 Å². The van der Waals surface area contributed by atoms with Gasteiger partial charge in [-0.3, -0.25) is 4.79 Å². The second-order valence-electron chi connectivity index (χ2n) is 5.16. The summed E-state index contributed by atoms with van der Waals surface area (Å²) in [5.41, 5.74) is 0.992. The van der Waals surface area contributed by atoms with Gasteiger partial charge in [-0.15, -0.1) is 0 Å². The molecule has 0 saturated carbocycles. The standard InChI is InChI=1S/C15H21BrN2O2/c16-13-4-1-3-12(9-13)10-15(20)18(7-8-19)11-14-5-2-6-17-14/h1,3-4,9,14,17,19H,2,5-8,10-11H2. The monoisotopic (exact) mass is 340 g/mol. The van der Waals surface area contributed by atoms with Crippen LogP contribution in [0.5, 0.6) is 0 Å². The molecule has 0 aromatic heterocycles. The van der Waals surface area contributed by atoms with E-state index in [0.29, 0.717) is 25.6 Å². The lowest BCUT2D eigenvalue weighted by Gasteiger charge is -2.25. The van der Waals surface area contributed by atoms with Crippen LogP contribution in [-0.2, 0) is 11.2 Å². The number of carbonyl (C=O) groups is 1. The highest BCUT2D eigenvalue weighted by Gasteiger charge is 2.21. The third-order valence-electron chi connectivity index (χ3n) is 3.57. The first kappa shape index (κ1) is 15.5. The molecule has 1 fully saturated rings. The molecule has 4 nitrogen and oxygen atoms in total. The highest BCUT2D eigenvalue weighted by molar-refractivity contribution is 9.10. The molecule has 0 radical (unpaired) electrons. The maximum atomic E-state index is 12.4. The number of halogens is 1. The van der Waals surface area contributed by atoms with Crippen molar-refractivity contribution in [1.29, 1.82) is 0 Å². The summed E-state index contributed by atoms with van der Waals surface area (Å²) in [6.45, 7) is 2.13. The third-order valence-corrected chi connectivity index (χ3v) is 4.06. The Balaban J connectivity index is 1.95. The summed E-state index contributed by atoms with van der Waals surface area (Å²) in [7, 11) is 0. The molecule has 20 heavy (non-hydrogen) atoms. The first-order valence-electron chi connectivity index (χ1n) is 7.05. The molecule has 1 atom stereocenters. The Morgan fingerprint density at radius 2 is 2.35 bits per heavy atom. The Morgan fingerprint density at radius 3 is 3.00 bits per heavy atom. The summed E-state index contributed by atoms with van der Waals surface area (Å²) in [5.74, 6) is 0.0749. The first-order valence-corrected chi connectivity index (χ1v) is 7.85. The van der Waals surface area contributed by atoms with Crippen molar-refractivity contribution in [3.05, 3.63) is 34.3 Å². The molecule has 1 amide bonds. The van der Waals surface area contributed by atoms with Crippen molar-refractivity contribution in [2.75, 3.05) is 26.2 Å². The normalized spacial score (nSPS) is 18.2. The molecule has 2 N–H and O–H groups in total. The van der Waals surface area contributed by atoms with Gasteiger partial charge in [-0.05, 0) is 37.1 Å². The molecule has 5 heteroatoms. The maximum absolute atomic E-state index is 12.4. The highest BCUT2D eigenvalue weighted by atomic mass is 79.9. The van der Waals surface area contributed by atoms with Gasteiger partial charge in [0.15, 0.2) is 0 Å². The van der Waals surface area contributed by atoms with Crippen molar-refractivity contribution in [1.82, 2.24) is 10.2 Å². The summed E-state index contributed by atoms with van der Waals surface area (Å²) >= 11 is 3.42. The zero-order chi connectivity index (χ0) is 14.4. The summed E-state index contributed by atoms with van der Waals surface area (Å²) in [6, 6.07) is 8.16. The molecule has 2 rings (SSSR count). The largest absolute Gasteiger partial charge is 0.395 e. The zero-order valence-corrected chi connectivity index (χ0v) is 13.1. The van der Waals surface area contributed by atoms with E-state index in [-0.39, 0.29) is 12.5 Å². The number of amides is 1. The number of nitrogens with one attached hydrogen (secondary N) is 1. The van der Waals surface area contributed by atoms with Gasteiger partial charge in [-0.2, -0.15) is 0 Å². The van der Waals surface area contributed by atoms with Crippen LogP contribution in [0.4, 0.5) is 0 Å². The number of hydrogen-bond donors (Lipinski definition) is 2. The van der Waals surface area contributed by atoms with Gasteiger partial charge in [0.05, 0.1) is 13.0 Å². The number of benzene rings is 1. The molecule has 0 aliphatic carbocycles. The van der Waals surface area contributed by atoms with Crippen LogP contribution in [0.2, 0.25) is 0 Å². The quantitative estimate of drug-likeness (QED) is 0.826. The van der Waals surface area contributed by atoms with Crippen LogP contribution < -0.4 is 5.32 Å². The zero-order valence-electron chi connectivity index (χ0n) is 11.5. The smallest absolute Gasteiger partial charge is 0.227 e. The molecule has 1 unspecified atom stereocenters. The predicted molar refractivity (Wildman–Crippen MR) is 82.5 cm³/mol. The lowest BCUT2D eigenvalue weighted by Crippen LogP contribution is -2.43. The van der Waals surface area contributed by atoms with Gasteiger partial charge in [0.1, 0.15) is 0 Å². The Kier molecular flexibility index (Phi) is 6.01. The maximum Gasteiger partial charge on any atom is 0.227 e. The van der Waals surface area contributed by atoms with Crippen molar-refractivity contribution < 1.29 is 9.90 Å². The minimum absolute atomic E-state index is 0.0109. The summed E-state index contributed by atoms with van der Waals surface area (Å²) in [6.07, 6.45) is 2.65. The lowest BCUT2D eigenvalue weighted by molar-refractivity contribution is -0.131. The van der Waals surface area contributed by atoms with Crippen LogP contribution in [0, 0.1) is 0 Å². The van der Waals surface area contributed by atoms with Crippen LogP contribution in [0.25, 0.3) is 0 Å². The first-order chi connectivity index (χ1) is 9.69. The molecular formula is C15H21BrN2O2. The van der Waals surface area contributed by atoms with Gasteiger partial charge < -0.3 is 15.3 Å². The van der Waals surface area contributed by atoms with E-state index >= 15 is 0 Å². The summed E-state index contributed by atoms with van der Waals surface area (Å²) in [4.78, 5) is 14.1. The lowest BCUT2D eigenvalue weighted by atomic mass is 10.1. The number of nitrogens with zero attached hydrogens (tertiary/aromatic N) is 1. The van der Waals surface area contributed by atoms with Crippen LogP contribution in [0.1, 0.15) is 18.4 Å². The van der Waals surface area contributed by atoms with E-state index in [9.17, 15) is 4.79 Å². The fraction of sp³-hybridized carbons (Fsp3) is 0.533. The minimum atomic E-state index is 0.0109. The fourth-order valence-corrected chi connectivity index (χ4v) is 3.00. The van der Waals surface area contributed by atoms with Gasteiger partial charge in [-0.1, -0.05) is 28.1 Å². The van der Waals surface area contributed by atoms with E-state index < -0.39 is 0 Å². The molecule has 1 aromatic carbocycles. The Hall–Kier alpha value is -0.910. The van der Waals surface area contributed by atoms with Crippen LogP contribution in [-0.4, -0.2) is 48.2 Å². The minimum Gasteiger partial charge on any atom is -0.395 e. The molecule has 1 aromatic rings. The Labute approximate surface area is 128 Å². The molecule has 1 saturated heterocycles. The van der Waals surface area contributed by atoms with Crippen molar-refractivity contribution in [3.63, 3.8) is 0 Å². The van der Waals surface area contributed by atoms with Gasteiger partial charge in [0, 0.05) is 23.6 Å². The van der Waals surface area contributed by atoms with E-state index in [1.54, 1.807) is 4.90 Å². The number of carbonyl (C=O) groups excluding carboxylic acids is 1. The van der Waals surface area contributed by atoms with Crippen molar-refractivity contribution >= 4 is 21.8 Å². The number of aliphatic hydroxyl groups is 1. The van der Waals surface area contributed by atoms with E-state index in [0.717, 1.165) is 29.4 Å². The predicted octanol–water partition coefficient (Wildman–Crippen LogP) is 1.56. The topological polar surface area (TPSA) is 52.6 Å². The van der Waals surface area contributed by atoms with Gasteiger partial charge in [-0.25, -0.2) is 0 Å². The van der Waals surface area contributed by atoms with Crippen LogP contribution in [0.15, 0.2) is 28.7 Å². The molecule has 0 spiro atoms. The average molecular weight is 341 g/mol. The Morgan fingerprint density at radius 1 is 1.50 bits per heavy atom. The number of hydrogen-bond acceptors (Lipinski definition) is 3. The van der Waals surface area contributed by atoms with Crippen LogP contribution >= 0.6 is 15.9 Å². The SMILES string of the molecule is O=C(Cc1cccc(Br)c1)N(CCO)CC1CCCN1. The summed E-state index contributed by atoms with van der Waals surface area (Å²) in [5, 5.41) is 12.5. The molecule has 110 valence electrons. The van der Waals surface area contributed by atoms with Crippen molar-refractivity contribution in [2.24, 2.45) is 0 Å². The molecule has 1 aliphatic rings. The van der Waals surface area contributed by atoms with Gasteiger partial charge in [0.2, 0.25) is 5.91 Å². The van der Waals surface area contributed by atoms with E-state index in [1.165, 1.54) is 0 Å².